The number of allylic oxidation sites excluding steroid dienone is 2. The quantitative estimate of drug-likeness (QED) is 0.609. The van der Waals surface area contributed by atoms with Crippen LogP contribution in [0.3, 0.4) is 0 Å². The number of nitro benzene ring substituents is 1. The Balaban J connectivity index is 1.81. The summed E-state index contributed by atoms with van der Waals surface area (Å²) >= 11 is 0. The number of aromatic carboxylic acids is 1. The van der Waals surface area contributed by atoms with Crippen molar-refractivity contribution in [1.82, 2.24) is 0 Å². The standard InChI is InChI=1S/C22H18N2O6/c25-19-6-2-5-18-21(19)17(13-7-9-15(10-8-13)24(29)30)12-20(26)23(18)16-4-1-3-14(11-16)22(27)28/h1,3-4,7-11,17H,2,5-6,12H2,(H,27,28)/t17-/m0/s1. The van der Waals surface area contributed by atoms with Gasteiger partial charge in [-0.2, -0.15) is 0 Å². The number of nitrogens with zero attached hydrogens (tertiary/aromatic N) is 2. The van der Waals surface area contributed by atoms with Crippen molar-refractivity contribution >= 4 is 29.0 Å². The van der Waals surface area contributed by atoms with E-state index < -0.39 is 16.8 Å². The third kappa shape index (κ3) is 3.36. The Morgan fingerprint density at radius 1 is 1.10 bits per heavy atom. The molecule has 152 valence electrons. The molecule has 8 heteroatoms. The molecule has 0 fully saturated rings. The van der Waals surface area contributed by atoms with Crippen LogP contribution in [0, 0.1) is 10.1 Å². The minimum atomic E-state index is -1.10. The number of nitro groups is 1. The molecule has 8 nitrogen and oxygen atoms in total. The Hall–Kier alpha value is -3.81. The average Bonchev–Trinajstić information content (AvgIpc) is 2.73. The van der Waals surface area contributed by atoms with E-state index in [2.05, 4.69) is 0 Å². The predicted molar refractivity (Wildman–Crippen MR) is 107 cm³/mol. The maximum atomic E-state index is 13.1. The molecule has 1 N–H and O–H groups in total. The van der Waals surface area contributed by atoms with Crippen molar-refractivity contribution in [2.24, 2.45) is 0 Å². The zero-order chi connectivity index (χ0) is 21.4. The molecule has 1 heterocycles. The number of hydrogen-bond acceptors (Lipinski definition) is 5. The van der Waals surface area contributed by atoms with E-state index in [9.17, 15) is 29.6 Å². The second-order valence-electron chi connectivity index (χ2n) is 7.33. The predicted octanol–water partition coefficient (Wildman–Crippen LogP) is 3.82. The van der Waals surface area contributed by atoms with Gasteiger partial charge in [0.05, 0.1) is 10.5 Å². The van der Waals surface area contributed by atoms with Crippen molar-refractivity contribution in [2.45, 2.75) is 31.6 Å². The Morgan fingerprint density at radius 2 is 1.83 bits per heavy atom. The molecule has 0 unspecified atom stereocenters. The van der Waals surface area contributed by atoms with Crippen molar-refractivity contribution in [2.75, 3.05) is 4.90 Å². The molecule has 0 spiro atoms. The van der Waals surface area contributed by atoms with Gasteiger partial charge in [0.25, 0.3) is 5.69 Å². The van der Waals surface area contributed by atoms with E-state index in [1.807, 2.05) is 0 Å². The second kappa shape index (κ2) is 7.55. The highest BCUT2D eigenvalue weighted by Crippen LogP contribution is 2.43. The van der Waals surface area contributed by atoms with Crippen molar-refractivity contribution in [1.29, 1.82) is 0 Å². The number of non-ortho nitro benzene ring substituents is 1. The van der Waals surface area contributed by atoms with Gasteiger partial charge >= 0.3 is 5.97 Å². The van der Waals surface area contributed by atoms with Crippen LogP contribution in [0.4, 0.5) is 11.4 Å². The third-order valence-corrected chi connectivity index (χ3v) is 5.53. The van der Waals surface area contributed by atoms with Crippen LogP contribution in [0.25, 0.3) is 0 Å². The second-order valence-corrected chi connectivity index (χ2v) is 7.33. The molecule has 1 amide bonds. The van der Waals surface area contributed by atoms with E-state index in [1.165, 1.54) is 29.2 Å². The van der Waals surface area contributed by atoms with Gasteiger partial charge in [0.2, 0.25) is 5.91 Å². The van der Waals surface area contributed by atoms with Crippen molar-refractivity contribution < 1.29 is 24.4 Å². The fourth-order valence-electron chi connectivity index (χ4n) is 4.18. The molecule has 4 rings (SSSR count). The van der Waals surface area contributed by atoms with E-state index >= 15 is 0 Å². The van der Waals surface area contributed by atoms with Crippen LogP contribution in [0.1, 0.15) is 47.5 Å². The molecule has 2 aromatic carbocycles. The Kier molecular flexibility index (Phi) is 4.91. The van der Waals surface area contributed by atoms with E-state index in [1.54, 1.807) is 24.3 Å². The Bertz CT molecular complexity index is 1100. The maximum Gasteiger partial charge on any atom is 0.335 e. The molecule has 30 heavy (non-hydrogen) atoms. The van der Waals surface area contributed by atoms with Crippen LogP contribution in [0.5, 0.6) is 0 Å². The summed E-state index contributed by atoms with van der Waals surface area (Å²) < 4.78 is 0. The number of carbonyl (C=O) groups excluding carboxylic acids is 2. The Morgan fingerprint density at radius 3 is 2.50 bits per heavy atom. The van der Waals surface area contributed by atoms with E-state index in [-0.39, 0.29) is 29.4 Å². The van der Waals surface area contributed by atoms with Crippen molar-refractivity contribution in [3.8, 4) is 0 Å². The number of carboxylic acid groups (broad SMARTS) is 1. The van der Waals surface area contributed by atoms with Crippen LogP contribution in [0.2, 0.25) is 0 Å². The number of amides is 1. The first-order chi connectivity index (χ1) is 14.4. The molecule has 0 saturated carbocycles. The first-order valence-electron chi connectivity index (χ1n) is 9.53. The lowest BCUT2D eigenvalue weighted by atomic mass is 9.77. The molecular weight excluding hydrogens is 388 g/mol. The lowest BCUT2D eigenvalue weighted by Crippen LogP contribution is -2.40. The van der Waals surface area contributed by atoms with Crippen LogP contribution in [-0.4, -0.2) is 27.7 Å². The number of carboxylic acids is 1. The highest BCUT2D eigenvalue weighted by molar-refractivity contribution is 6.07. The molecule has 0 radical (unpaired) electrons. The molecular formula is C22H18N2O6. The van der Waals surface area contributed by atoms with E-state index in [0.717, 1.165) is 0 Å². The largest absolute Gasteiger partial charge is 0.478 e. The van der Waals surface area contributed by atoms with Crippen LogP contribution in [0.15, 0.2) is 59.8 Å². The molecule has 1 aliphatic carbocycles. The van der Waals surface area contributed by atoms with Crippen LogP contribution >= 0.6 is 0 Å². The summed E-state index contributed by atoms with van der Waals surface area (Å²) in [7, 11) is 0. The monoisotopic (exact) mass is 406 g/mol. The van der Waals surface area contributed by atoms with Crippen LogP contribution in [-0.2, 0) is 9.59 Å². The number of rotatable bonds is 4. The number of carbonyl (C=O) groups is 3. The van der Waals surface area contributed by atoms with Gasteiger partial charge in [-0.25, -0.2) is 4.79 Å². The highest BCUT2D eigenvalue weighted by Gasteiger charge is 2.39. The number of Topliss-reactive ketones (excluding diaryl/α,β-unsaturated/α-hetero) is 1. The molecule has 2 aromatic rings. The molecule has 0 aromatic heterocycles. The number of anilines is 1. The summed E-state index contributed by atoms with van der Waals surface area (Å²) in [6.07, 6.45) is 1.53. The van der Waals surface area contributed by atoms with Crippen molar-refractivity contribution in [3.63, 3.8) is 0 Å². The molecule has 0 bridgehead atoms. The van der Waals surface area contributed by atoms with Crippen molar-refractivity contribution in [3.05, 3.63) is 81.0 Å². The smallest absolute Gasteiger partial charge is 0.335 e. The summed E-state index contributed by atoms with van der Waals surface area (Å²) in [5, 5.41) is 20.2. The molecule has 0 saturated heterocycles. The molecule has 1 atom stereocenters. The first-order valence-corrected chi connectivity index (χ1v) is 9.53. The first kappa shape index (κ1) is 19.5. The van der Waals surface area contributed by atoms with Gasteiger partial charge in [0.15, 0.2) is 5.78 Å². The van der Waals surface area contributed by atoms with E-state index in [0.29, 0.717) is 41.8 Å². The lowest BCUT2D eigenvalue weighted by Gasteiger charge is -2.38. The highest BCUT2D eigenvalue weighted by atomic mass is 16.6. The Labute approximate surface area is 171 Å². The number of hydrogen-bond donors (Lipinski definition) is 1. The zero-order valence-electron chi connectivity index (χ0n) is 15.9. The summed E-state index contributed by atoms with van der Waals surface area (Å²) in [5.41, 5.74) is 2.22. The zero-order valence-corrected chi connectivity index (χ0v) is 15.9. The van der Waals surface area contributed by atoms with Crippen LogP contribution < -0.4 is 4.90 Å². The van der Waals surface area contributed by atoms with Gasteiger partial charge < -0.3 is 5.11 Å². The fraction of sp³-hybridized carbons (Fsp3) is 0.227. The SMILES string of the molecule is O=C1CCCC2=C1[C@H](c1ccc([N+](=O)[O-])cc1)CC(=O)N2c1cccc(C(=O)O)c1. The fourth-order valence-corrected chi connectivity index (χ4v) is 4.18. The number of benzene rings is 2. The van der Waals surface area contributed by atoms with E-state index in [4.69, 9.17) is 0 Å². The third-order valence-electron chi connectivity index (χ3n) is 5.53. The molecule has 1 aliphatic heterocycles. The average molecular weight is 406 g/mol. The minimum Gasteiger partial charge on any atom is -0.478 e. The molecule has 2 aliphatic rings. The summed E-state index contributed by atoms with van der Waals surface area (Å²) in [4.78, 5) is 49.2. The normalized spacial score (nSPS) is 18.9. The summed E-state index contributed by atoms with van der Waals surface area (Å²) in [6.45, 7) is 0. The minimum absolute atomic E-state index is 0.0275. The van der Waals surface area contributed by atoms with Gasteiger partial charge in [0, 0.05) is 47.8 Å². The maximum absolute atomic E-state index is 13.1. The van der Waals surface area contributed by atoms with Gasteiger partial charge in [-0.3, -0.25) is 24.6 Å². The van der Waals surface area contributed by atoms with Gasteiger partial charge in [-0.15, -0.1) is 0 Å². The van der Waals surface area contributed by atoms with Gasteiger partial charge in [-0.1, -0.05) is 18.2 Å². The lowest BCUT2D eigenvalue weighted by molar-refractivity contribution is -0.384. The summed E-state index contributed by atoms with van der Waals surface area (Å²) in [5.74, 6) is -1.86. The van der Waals surface area contributed by atoms with Gasteiger partial charge in [0.1, 0.15) is 0 Å². The topological polar surface area (TPSA) is 118 Å². The number of ketones is 1. The summed E-state index contributed by atoms with van der Waals surface area (Å²) in [6, 6.07) is 12.0. The van der Waals surface area contributed by atoms with Gasteiger partial charge in [-0.05, 0) is 36.6 Å².